The van der Waals surface area contributed by atoms with Crippen molar-refractivity contribution in [3.8, 4) is 0 Å². The number of halogens is 1. The van der Waals surface area contributed by atoms with E-state index in [1.54, 1.807) is 0 Å². The number of nitrogens with zero attached hydrogens (tertiary/aromatic N) is 2. The molecule has 1 atom stereocenters. The van der Waals surface area contributed by atoms with Crippen molar-refractivity contribution in [1.29, 1.82) is 0 Å². The third-order valence-corrected chi connectivity index (χ3v) is 3.06. The molecule has 0 aliphatic heterocycles. The molecule has 2 aromatic rings. The second kappa shape index (κ2) is 4.80. The number of nitrogens with one attached hydrogen (secondary N) is 1. The summed E-state index contributed by atoms with van der Waals surface area (Å²) < 4.78 is 1.97. The second-order valence-electron chi connectivity index (χ2n) is 4.20. The lowest BCUT2D eigenvalue weighted by Crippen LogP contribution is -2.10. The summed E-state index contributed by atoms with van der Waals surface area (Å²) in [6, 6.07) is 7.98. The van der Waals surface area contributed by atoms with E-state index in [4.69, 9.17) is 11.6 Å². The average Bonchev–Trinajstić information content (AvgIpc) is 2.58. The first-order valence-electron chi connectivity index (χ1n) is 5.59. The van der Waals surface area contributed by atoms with Gasteiger partial charge < -0.3 is 9.88 Å². The molecule has 1 aromatic carbocycles. The summed E-state index contributed by atoms with van der Waals surface area (Å²) in [5.41, 5.74) is 2.08. The number of benzene rings is 1. The molecule has 17 heavy (non-hydrogen) atoms. The second-order valence-corrected chi connectivity index (χ2v) is 4.61. The van der Waals surface area contributed by atoms with Gasteiger partial charge in [0.05, 0.1) is 11.7 Å². The van der Waals surface area contributed by atoms with E-state index in [1.807, 2.05) is 49.0 Å². The smallest absolute Gasteiger partial charge is 0.203 e. The predicted molar refractivity (Wildman–Crippen MR) is 71.4 cm³/mol. The van der Waals surface area contributed by atoms with Crippen LogP contribution in [0.1, 0.15) is 24.2 Å². The number of aryl methyl sites for hydroxylation is 2. The summed E-state index contributed by atoms with van der Waals surface area (Å²) in [7, 11) is 1.97. The Hall–Kier alpha value is -1.48. The van der Waals surface area contributed by atoms with Crippen LogP contribution in [0.3, 0.4) is 0 Å². The molecule has 0 saturated carbocycles. The number of hydrogen-bond acceptors (Lipinski definition) is 2. The standard InChI is InChI=1S/C13H16ClN3/c1-9-8-17(3)13(15-9)16-10(2)11-6-4-5-7-12(11)14/h4-8,10H,1-3H3,(H,15,16). The molecular weight excluding hydrogens is 234 g/mol. The Morgan fingerprint density at radius 2 is 2.06 bits per heavy atom. The molecule has 3 nitrogen and oxygen atoms in total. The maximum absolute atomic E-state index is 6.16. The van der Waals surface area contributed by atoms with Crippen LogP contribution in [0, 0.1) is 6.92 Å². The van der Waals surface area contributed by atoms with Crippen molar-refractivity contribution in [2.24, 2.45) is 7.05 Å². The van der Waals surface area contributed by atoms with Crippen LogP contribution >= 0.6 is 11.6 Å². The molecule has 0 bridgehead atoms. The van der Waals surface area contributed by atoms with Crippen molar-refractivity contribution in [1.82, 2.24) is 9.55 Å². The number of aromatic nitrogens is 2. The van der Waals surface area contributed by atoms with Crippen molar-refractivity contribution in [2.75, 3.05) is 5.32 Å². The van der Waals surface area contributed by atoms with E-state index in [9.17, 15) is 0 Å². The Balaban J connectivity index is 2.20. The number of rotatable bonds is 3. The molecule has 90 valence electrons. The highest BCUT2D eigenvalue weighted by atomic mass is 35.5. The van der Waals surface area contributed by atoms with Gasteiger partial charge >= 0.3 is 0 Å². The Kier molecular flexibility index (Phi) is 3.38. The van der Waals surface area contributed by atoms with Crippen LogP contribution < -0.4 is 5.32 Å². The molecule has 0 aliphatic rings. The Morgan fingerprint density at radius 1 is 1.35 bits per heavy atom. The third-order valence-electron chi connectivity index (χ3n) is 2.71. The highest BCUT2D eigenvalue weighted by molar-refractivity contribution is 6.31. The van der Waals surface area contributed by atoms with Crippen LogP contribution in [0.2, 0.25) is 5.02 Å². The van der Waals surface area contributed by atoms with E-state index in [0.29, 0.717) is 0 Å². The highest BCUT2D eigenvalue weighted by Crippen LogP contribution is 2.25. The maximum Gasteiger partial charge on any atom is 0.203 e. The van der Waals surface area contributed by atoms with Crippen LogP contribution in [0.25, 0.3) is 0 Å². The minimum atomic E-state index is 0.129. The van der Waals surface area contributed by atoms with Gasteiger partial charge in [-0.2, -0.15) is 0 Å². The number of hydrogen-bond donors (Lipinski definition) is 1. The summed E-state index contributed by atoms with van der Waals surface area (Å²) in [5, 5.41) is 4.13. The molecule has 0 aliphatic carbocycles. The fourth-order valence-electron chi connectivity index (χ4n) is 1.85. The summed E-state index contributed by atoms with van der Waals surface area (Å²) in [6.45, 7) is 4.05. The minimum Gasteiger partial charge on any atom is -0.349 e. The van der Waals surface area contributed by atoms with E-state index in [0.717, 1.165) is 22.2 Å². The van der Waals surface area contributed by atoms with Gasteiger partial charge in [-0.05, 0) is 25.5 Å². The van der Waals surface area contributed by atoms with Gasteiger partial charge in [-0.15, -0.1) is 0 Å². The molecule has 0 spiro atoms. The topological polar surface area (TPSA) is 29.9 Å². The molecule has 1 heterocycles. The first-order valence-corrected chi connectivity index (χ1v) is 5.96. The first-order chi connectivity index (χ1) is 8.08. The molecule has 1 unspecified atom stereocenters. The zero-order chi connectivity index (χ0) is 12.4. The maximum atomic E-state index is 6.16. The summed E-state index contributed by atoms with van der Waals surface area (Å²) in [6.07, 6.45) is 1.99. The zero-order valence-corrected chi connectivity index (χ0v) is 11.0. The Bertz CT molecular complexity index is 519. The SMILES string of the molecule is Cc1cn(C)c(NC(C)c2ccccc2Cl)n1. The Morgan fingerprint density at radius 3 is 2.65 bits per heavy atom. The van der Waals surface area contributed by atoms with E-state index in [-0.39, 0.29) is 6.04 Å². The predicted octanol–water partition coefficient (Wildman–Crippen LogP) is 3.56. The van der Waals surface area contributed by atoms with Crippen molar-refractivity contribution in [3.63, 3.8) is 0 Å². The molecule has 4 heteroatoms. The fourth-order valence-corrected chi connectivity index (χ4v) is 2.15. The van der Waals surface area contributed by atoms with Gasteiger partial charge in [0.2, 0.25) is 5.95 Å². The van der Waals surface area contributed by atoms with Crippen LogP contribution in [0.15, 0.2) is 30.5 Å². The van der Waals surface area contributed by atoms with Crippen LogP contribution in [-0.4, -0.2) is 9.55 Å². The van der Waals surface area contributed by atoms with Crippen molar-refractivity contribution < 1.29 is 0 Å². The molecule has 0 saturated heterocycles. The lowest BCUT2D eigenvalue weighted by molar-refractivity contribution is 0.823. The molecule has 0 amide bonds. The normalized spacial score (nSPS) is 12.5. The van der Waals surface area contributed by atoms with E-state index >= 15 is 0 Å². The highest BCUT2D eigenvalue weighted by Gasteiger charge is 2.11. The van der Waals surface area contributed by atoms with Crippen LogP contribution in [0.5, 0.6) is 0 Å². The summed E-state index contributed by atoms with van der Waals surface area (Å²) in [5.74, 6) is 0.856. The monoisotopic (exact) mass is 249 g/mol. The largest absolute Gasteiger partial charge is 0.349 e. The van der Waals surface area contributed by atoms with Gasteiger partial charge in [-0.3, -0.25) is 0 Å². The first kappa shape index (κ1) is 12.0. The summed E-state index contributed by atoms with van der Waals surface area (Å²) in [4.78, 5) is 4.41. The van der Waals surface area contributed by atoms with Gasteiger partial charge in [0, 0.05) is 18.3 Å². The average molecular weight is 250 g/mol. The zero-order valence-electron chi connectivity index (χ0n) is 10.2. The quantitative estimate of drug-likeness (QED) is 0.902. The Labute approximate surface area is 106 Å². The van der Waals surface area contributed by atoms with E-state index in [2.05, 4.69) is 17.2 Å². The molecule has 2 rings (SSSR count). The number of anilines is 1. The van der Waals surface area contributed by atoms with Gasteiger partial charge in [0.1, 0.15) is 0 Å². The molecule has 1 aromatic heterocycles. The molecule has 0 radical (unpaired) electrons. The molecule has 0 fully saturated rings. The van der Waals surface area contributed by atoms with Crippen molar-refractivity contribution >= 4 is 17.5 Å². The van der Waals surface area contributed by atoms with Crippen LogP contribution in [0.4, 0.5) is 5.95 Å². The lowest BCUT2D eigenvalue weighted by atomic mass is 10.1. The van der Waals surface area contributed by atoms with E-state index in [1.165, 1.54) is 0 Å². The lowest BCUT2D eigenvalue weighted by Gasteiger charge is -2.16. The van der Waals surface area contributed by atoms with Crippen molar-refractivity contribution in [3.05, 3.63) is 46.7 Å². The van der Waals surface area contributed by atoms with Gasteiger partial charge in [0.25, 0.3) is 0 Å². The number of imidazole rings is 1. The third kappa shape index (κ3) is 2.61. The summed E-state index contributed by atoms with van der Waals surface area (Å²) >= 11 is 6.16. The van der Waals surface area contributed by atoms with Gasteiger partial charge in [-0.25, -0.2) is 4.98 Å². The molecule has 1 N–H and O–H groups in total. The van der Waals surface area contributed by atoms with E-state index < -0.39 is 0 Å². The molecular formula is C13H16ClN3. The van der Waals surface area contributed by atoms with Gasteiger partial charge in [-0.1, -0.05) is 29.8 Å². The minimum absolute atomic E-state index is 0.129. The van der Waals surface area contributed by atoms with Gasteiger partial charge in [0.15, 0.2) is 0 Å². The fraction of sp³-hybridized carbons (Fsp3) is 0.308. The van der Waals surface area contributed by atoms with Crippen molar-refractivity contribution in [2.45, 2.75) is 19.9 Å². The van der Waals surface area contributed by atoms with Crippen LogP contribution in [-0.2, 0) is 7.05 Å².